The summed E-state index contributed by atoms with van der Waals surface area (Å²) in [6.45, 7) is 0. The summed E-state index contributed by atoms with van der Waals surface area (Å²) in [4.78, 5) is 24.2. The van der Waals surface area contributed by atoms with Crippen molar-refractivity contribution in [1.82, 2.24) is 0 Å². The maximum absolute atomic E-state index is 12.1. The number of allylic oxidation sites excluding steroid dienone is 1. The molecule has 0 saturated heterocycles. The summed E-state index contributed by atoms with van der Waals surface area (Å²) in [6.07, 6.45) is 1.66. The molecule has 0 amide bonds. The molecule has 1 aliphatic carbocycles. The number of hydrogen-bond donors (Lipinski definition) is 0. The van der Waals surface area contributed by atoms with Crippen LogP contribution in [0, 0.1) is 0 Å². The first kappa shape index (κ1) is 10.7. The summed E-state index contributed by atoms with van der Waals surface area (Å²) in [5.41, 5.74) is 2.12. The lowest BCUT2D eigenvalue weighted by Gasteiger charge is -1.95. The number of rotatable bonds is 1. The molecular formula is C16H10O2. The van der Waals surface area contributed by atoms with Crippen LogP contribution in [-0.2, 0) is 0 Å². The van der Waals surface area contributed by atoms with Crippen LogP contribution in [0.1, 0.15) is 26.3 Å². The summed E-state index contributed by atoms with van der Waals surface area (Å²) >= 11 is 0. The van der Waals surface area contributed by atoms with Crippen LogP contribution in [0.2, 0.25) is 0 Å². The Balaban J connectivity index is 2.10. The third-order valence-corrected chi connectivity index (χ3v) is 3.02. The van der Waals surface area contributed by atoms with Crippen LogP contribution in [0.25, 0.3) is 6.08 Å². The summed E-state index contributed by atoms with van der Waals surface area (Å²) < 4.78 is 0. The summed E-state index contributed by atoms with van der Waals surface area (Å²) in [6, 6.07) is 16.3. The fourth-order valence-electron chi connectivity index (χ4n) is 2.12. The van der Waals surface area contributed by atoms with Gasteiger partial charge in [0.1, 0.15) is 0 Å². The molecule has 0 unspecified atom stereocenters. The van der Waals surface area contributed by atoms with Crippen molar-refractivity contribution in [2.45, 2.75) is 0 Å². The zero-order chi connectivity index (χ0) is 12.5. The molecule has 0 saturated carbocycles. The van der Waals surface area contributed by atoms with Gasteiger partial charge in [-0.05, 0) is 11.6 Å². The zero-order valence-electron chi connectivity index (χ0n) is 9.59. The van der Waals surface area contributed by atoms with Crippen molar-refractivity contribution < 1.29 is 9.59 Å². The Morgan fingerprint density at radius 1 is 0.667 bits per heavy atom. The van der Waals surface area contributed by atoms with Gasteiger partial charge < -0.3 is 0 Å². The second kappa shape index (κ2) is 4.08. The SMILES string of the molecule is O=C1C(=Cc2ccccc2)C(=O)c2ccccc21. The van der Waals surface area contributed by atoms with Crippen molar-refractivity contribution in [3.8, 4) is 0 Å². The van der Waals surface area contributed by atoms with Crippen LogP contribution >= 0.6 is 0 Å². The molecule has 2 aromatic carbocycles. The second-order valence-electron chi connectivity index (χ2n) is 4.17. The van der Waals surface area contributed by atoms with Gasteiger partial charge >= 0.3 is 0 Å². The molecule has 0 aliphatic heterocycles. The molecule has 3 rings (SSSR count). The topological polar surface area (TPSA) is 34.1 Å². The van der Waals surface area contributed by atoms with Crippen LogP contribution in [-0.4, -0.2) is 11.6 Å². The standard InChI is InChI=1S/C16H10O2/c17-15-12-8-4-5-9-13(12)16(18)14(15)10-11-6-2-1-3-7-11/h1-10H. The van der Waals surface area contributed by atoms with Gasteiger partial charge in [0.15, 0.2) is 11.6 Å². The Labute approximate surface area is 105 Å². The predicted octanol–water partition coefficient (Wildman–Crippen LogP) is 3.15. The van der Waals surface area contributed by atoms with Crippen LogP contribution in [0.3, 0.4) is 0 Å². The molecule has 0 radical (unpaired) electrons. The van der Waals surface area contributed by atoms with E-state index in [9.17, 15) is 9.59 Å². The molecule has 2 aromatic rings. The van der Waals surface area contributed by atoms with Crippen molar-refractivity contribution in [2.24, 2.45) is 0 Å². The minimum atomic E-state index is -0.181. The third kappa shape index (κ3) is 1.59. The number of benzene rings is 2. The van der Waals surface area contributed by atoms with Crippen molar-refractivity contribution in [3.63, 3.8) is 0 Å². The van der Waals surface area contributed by atoms with E-state index in [0.717, 1.165) is 5.56 Å². The van der Waals surface area contributed by atoms with Crippen molar-refractivity contribution in [3.05, 3.63) is 76.9 Å². The van der Waals surface area contributed by atoms with E-state index in [0.29, 0.717) is 11.1 Å². The van der Waals surface area contributed by atoms with Gasteiger partial charge in [-0.2, -0.15) is 0 Å². The molecule has 1 aliphatic rings. The molecule has 86 valence electrons. The Morgan fingerprint density at radius 3 is 1.72 bits per heavy atom. The van der Waals surface area contributed by atoms with Gasteiger partial charge in [-0.3, -0.25) is 9.59 Å². The summed E-state index contributed by atoms with van der Waals surface area (Å²) in [5, 5.41) is 0. The molecule has 0 aromatic heterocycles. The smallest absolute Gasteiger partial charge is 0.197 e. The highest BCUT2D eigenvalue weighted by atomic mass is 16.2. The summed E-state index contributed by atoms with van der Waals surface area (Å²) in [7, 11) is 0. The fourth-order valence-corrected chi connectivity index (χ4v) is 2.12. The van der Waals surface area contributed by atoms with E-state index >= 15 is 0 Å². The maximum Gasteiger partial charge on any atom is 0.197 e. The highest BCUT2D eigenvalue weighted by molar-refractivity contribution is 6.41. The average molecular weight is 234 g/mol. The largest absolute Gasteiger partial charge is 0.288 e. The third-order valence-electron chi connectivity index (χ3n) is 3.02. The first-order chi connectivity index (χ1) is 8.77. The normalized spacial score (nSPS) is 13.7. The van der Waals surface area contributed by atoms with E-state index in [1.54, 1.807) is 30.3 Å². The molecule has 0 heterocycles. The van der Waals surface area contributed by atoms with E-state index in [2.05, 4.69) is 0 Å². The highest BCUT2D eigenvalue weighted by Gasteiger charge is 2.32. The molecule has 18 heavy (non-hydrogen) atoms. The van der Waals surface area contributed by atoms with E-state index in [-0.39, 0.29) is 17.1 Å². The van der Waals surface area contributed by atoms with Gasteiger partial charge in [0.2, 0.25) is 0 Å². The predicted molar refractivity (Wildman–Crippen MR) is 69.5 cm³/mol. The minimum Gasteiger partial charge on any atom is -0.288 e. The van der Waals surface area contributed by atoms with Gasteiger partial charge in [-0.15, -0.1) is 0 Å². The molecule has 0 bridgehead atoms. The molecule has 0 fully saturated rings. The summed E-state index contributed by atoms with van der Waals surface area (Å²) in [5.74, 6) is -0.362. The number of Topliss-reactive ketones (excluding diaryl/α,β-unsaturated/α-hetero) is 2. The van der Waals surface area contributed by atoms with Crippen molar-refractivity contribution in [1.29, 1.82) is 0 Å². The van der Waals surface area contributed by atoms with Gasteiger partial charge in [0, 0.05) is 11.1 Å². The van der Waals surface area contributed by atoms with E-state index in [1.807, 2.05) is 30.3 Å². The first-order valence-electron chi connectivity index (χ1n) is 5.72. The lowest BCUT2D eigenvalue weighted by atomic mass is 10.1. The maximum atomic E-state index is 12.1. The molecule has 2 nitrogen and oxygen atoms in total. The minimum absolute atomic E-state index is 0.181. The van der Waals surface area contributed by atoms with Crippen molar-refractivity contribution in [2.75, 3.05) is 0 Å². The van der Waals surface area contributed by atoms with Crippen LogP contribution < -0.4 is 0 Å². The Morgan fingerprint density at radius 2 is 1.17 bits per heavy atom. The van der Waals surface area contributed by atoms with Gasteiger partial charge in [-0.25, -0.2) is 0 Å². The Hall–Kier alpha value is -2.48. The van der Waals surface area contributed by atoms with Crippen LogP contribution in [0.15, 0.2) is 60.2 Å². The van der Waals surface area contributed by atoms with Gasteiger partial charge in [0.05, 0.1) is 5.57 Å². The van der Waals surface area contributed by atoms with Crippen LogP contribution in [0.4, 0.5) is 0 Å². The number of carbonyl (C=O) groups excluding carboxylic acids is 2. The molecular weight excluding hydrogens is 224 g/mol. The molecule has 0 spiro atoms. The van der Waals surface area contributed by atoms with E-state index in [1.165, 1.54) is 0 Å². The molecule has 2 heteroatoms. The quantitative estimate of drug-likeness (QED) is 0.561. The Kier molecular flexibility index (Phi) is 2.41. The lowest BCUT2D eigenvalue weighted by molar-refractivity contribution is 0.0990. The van der Waals surface area contributed by atoms with Gasteiger partial charge in [-0.1, -0.05) is 54.6 Å². The zero-order valence-corrected chi connectivity index (χ0v) is 9.59. The van der Waals surface area contributed by atoms with Crippen molar-refractivity contribution >= 4 is 17.6 Å². The number of hydrogen-bond acceptors (Lipinski definition) is 2. The van der Waals surface area contributed by atoms with Crippen LogP contribution in [0.5, 0.6) is 0 Å². The van der Waals surface area contributed by atoms with E-state index < -0.39 is 0 Å². The van der Waals surface area contributed by atoms with E-state index in [4.69, 9.17) is 0 Å². The monoisotopic (exact) mass is 234 g/mol. The molecule has 0 N–H and O–H groups in total. The first-order valence-corrected chi connectivity index (χ1v) is 5.72. The Bertz CT molecular complexity index is 630. The molecule has 0 atom stereocenters. The number of fused-ring (bicyclic) bond motifs is 1. The van der Waals surface area contributed by atoms with Gasteiger partial charge in [0.25, 0.3) is 0 Å². The number of carbonyl (C=O) groups is 2. The second-order valence-corrected chi connectivity index (χ2v) is 4.17. The average Bonchev–Trinajstić information content (AvgIpc) is 2.66. The lowest BCUT2D eigenvalue weighted by Crippen LogP contribution is -2.00. The highest BCUT2D eigenvalue weighted by Crippen LogP contribution is 2.27. The number of ketones is 2. The fraction of sp³-hybridized carbons (Fsp3) is 0.